The van der Waals surface area contributed by atoms with Gasteiger partial charge >= 0.3 is 6.18 Å². The fourth-order valence-corrected chi connectivity index (χ4v) is 3.71. The van der Waals surface area contributed by atoms with Crippen LogP contribution in [0.4, 0.5) is 24.5 Å². The van der Waals surface area contributed by atoms with Crippen molar-refractivity contribution in [3.8, 4) is 0 Å². The van der Waals surface area contributed by atoms with Gasteiger partial charge in [-0.2, -0.15) is 13.2 Å². The number of hydrogen-bond acceptors (Lipinski definition) is 6. The van der Waals surface area contributed by atoms with E-state index in [0.29, 0.717) is 18.5 Å². The van der Waals surface area contributed by atoms with Gasteiger partial charge in [-0.3, -0.25) is 10.1 Å². The molecule has 12 heteroatoms. The SMILES string of the molecule is CN(C)CCNS(=O)(=O)c1ccc(NCCc2ccc(C(F)(F)F)cc2)c([N+](=O)[O-])c1. The molecule has 0 spiro atoms. The summed E-state index contributed by atoms with van der Waals surface area (Å²) in [6.07, 6.45) is -4.10. The summed E-state index contributed by atoms with van der Waals surface area (Å²) in [6.45, 7) is 0.820. The third-order valence-electron chi connectivity index (χ3n) is 4.34. The largest absolute Gasteiger partial charge is 0.416 e. The van der Waals surface area contributed by atoms with Crippen LogP contribution < -0.4 is 10.0 Å². The van der Waals surface area contributed by atoms with Crippen LogP contribution in [-0.2, 0) is 22.6 Å². The molecular formula is C19H23F3N4O4S. The molecule has 0 aromatic heterocycles. The summed E-state index contributed by atoms with van der Waals surface area (Å²) in [4.78, 5) is 12.3. The first-order valence-corrected chi connectivity index (χ1v) is 10.7. The number of halogens is 3. The molecule has 170 valence electrons. The maximum Gasteiger partial charge on any atom is 0.416 e. The van der Waals surface area contributed by atoms with Gasteiger partial charge in [0.2, 0.25) is 10.0 Å². The number of sulfonamides is 1. The van der Waals surface area contributed by atoms with Gasteiger partial charge < -0.3 is 10.2 Å². The average Bonchev–Trinajstić information content (AvgIpc) is 2.67. The van der Waals surface area contributed by atoms with Crippen LogP contribution in [0.15, 0.2) is 47.4 Å². The second-order valence-corrected chi connectivity index (χ2v) is 8.78. The van der Waals surface area contributed by atoms with Crippen molar-refractivity contribution in [2.24, 2.45) is 0 Å². The molecule has 2 aromatic carbocycles. The predicted molar refractivity (Wildman–Crippen MR) is 110 cm³/mol. The molecule has 0 fully saturated rings. The fraction of sp³-hybridized carbons (Fsp3) is 0.368. The highest BCUT2D eigenvalue weighted by atomic mass is 32.2. The zero-order valence-corrected chi connectivity index (χ0v) is 17.8. The lowest BCUT2D eigenvalue weighted by Gasteiger charge is -2.12. The quantitative estimate of drug-likeness (QED) is 0.417. The van der Waals surface area contributed by atoms with Gasteiger partial charge in [-0.25, -0.2) is 13.1 Å². The van der Waals surface area contributed by atoms with Crippen LogP contribution in [-0.4, -0.2) is 52.0 Å². The summed E-state index contributed by atoms with van der Waals surface area (Å²) in [5.41, 5.74) is -0.435. The van der Waals surface area contributed by atoms with Crippen molar-refractivity contribution in [3.63, 3.8) is 0 Å². The summed E-state index contributed by atoms with van der Waals surface area (Å²) >= 11 is 0. The van der Waals surface area contributed by atoms with Crippen molar-refractivity contribution in [2.45, 2.75) is 17.5 Å². The maximum absolute atomic E-state index is 12.6. The highest BCUT2D eigenvalue weighted by molar-refractivity contribution is 7.89. The van der Waals surface area contributed by atoms with Crippen LogP contribution in [0.5, 0.6) is 0 Å². The van der Waals surface area contributed by atoms with Gasteiger partial charge in [0.15, 0.2) is 0 Å². The number of likely N-dealkylation sites (N-methyl/N-ethyl adjacent to an activating group) is 1. The van der Waals surface area contributed by atoms with Crippen LogP contribution in [0.2, 0.25) is 0 Å². The number of rotatable bonds is 10. The molecule has 0 amide bonds. The Morgan fingerprint density at radius 2 is 1.71 bits per heavy atom. The Morgan fingerprint density at radius 3 is 2.26 bits per heavy atom. The van der Waals surface area contributed by atoms with Gasteiger partial charge in [0.05, 0.1) is 15.4 Å². The highest BCUT2D eigenvalue weighted by Crippen LogP contribution is 2.30. The molecule has 0 unspecified atom stereocenters. The zero-order chi connectivity index (χ0) is 23.2. The van der Waals surface area contributed by atoms with Gasteiger partial charge in [0, 0.05) is 25.7 Å². The lowest BCUT2D eigenvalue weighted by Crippen LogP contribution is -2.31. The average molecular weight is 460 g/mol. The Kier molecular flexibility index (Phi) is 7.98. The molecule has 0 radical (unpaired) electrons. The molecule has 2 aromatic rings. The van der Waals surface area contributed by atoms with E-state index in [-0.39, 0.29) is 23.7 Å². The molecule has 2 rings (SSSR count). The normalized spacial score (nSPS) is 12.2. The number of hydrogen-bond donors (Lipinski definition) is 2. The Morgan fingerprint density at radius 1 is 1.06 bits per heavy atom. The number of alkyl halides is 3. The van der Waals surface area contributed by atoms with Gasteiger partial charge in [-0.15, -0.1) is 0 Å². The molecule has 2 N–H and O–H groups in total. The molecule has 0 saturated carbocycles. The van der Waals surface area contributed by atoms with E-state index >= 15 is 0 Å². The van der Waals surface area contributed by atoms with Gasteiger partial charge in [0.1, 0.15) is 5.69 Å². The first-order valence-electron chi connectivity index (χ1n) is 9.23. The van der Waals surface area contributed by atoms with Crippen molar-refractivity contribution < 1.29 is 26.5 Å². The Balaban J connectivity index is 2.07. The number of benzene rings is 2. The maximum atomic E-state index is 12.6. The van der Waals surface area contributed by atoms with Crippen molar-refractivity contribution in [2.75, 3.05) is 39.0 Å². The topological polar surface area (TPSA) is 105 Å². The molecule has 0 heterocycles. The van der Waals surface area contributed by atoms with Crippen LogP contribution in [0.3, 0.4) is 0 Å². The number of anilines is 1. The van der Waals surface area contributed by atoms with Crippen LogP contribution in [0, 0.1) is 10.1 Å². The predicted octanol–water partition coefficient (Wildman–Crippen LogP) is 3.11. The molecule has 31 heavy (non-hydrogen) atoms. The van der Waals surface area contributed by atoms with E-state index in [0.717, 1.165) is 18.2 Å². The summed E-state index contributed by atoms with van der Waals surface area (Å²) in [5.74, 6) is 0. The molecule has 0 saturated heterocycles. The molecule has 8 nitrogen and oxygen atoms in total. The summed E-state index contributed by atoms with van der Waals surface area (Å²) in [7, 11) is -0.345. The smallest absolute Gasteiger partial charge is 0.379 e. The lowest BCUT2D eigenvalue weighted by molar-refractivity contribution is -0.384. The molecule has 0 aliphatic carbocycles. The lowest BCUT2D eigenvalue weighted by atomic mass is 10.1. The Bertz CT molecular complexity index is 1010. The molecule has 0 aliphatic rings. The second kappa shape index (κ2) is 10.1. The highest BCUT2D eigenvalue weighted by Gasteiger charge is 2.29. The number of nitro benzene ring substituents is 1. The zero-order valence-electron chi connectivity index (χ0n) is 16.9. The third-order valence-corrected chi connectivity index (χ3v) is 5.80. The minimum absolute atomic E-state index is 0.115. The minimum atomic E-state index is -4.42. The second-order valence-electron chi connectivity index (χ2n) is 7.01. The summed E-state index contributed by atoms with van der Waals surface area (Å²) < 4.78 is 64.9. The van der Waals surface area contributed by atoms with E-state index in [1.54, 1.807) is 19.0 Å². The molecule has 0 atom stereocenters. The van der Waals surface area contributed by atoms with Crippen LogP contribution in [0.25, 0.3) is 0 Å². The van der Waals surface area contributed by atoms with Gasteiger partial charge in [0.25, 0.3) is 5.69 Å². The number of nitro groups is 1. The van der Waals surface area contributed by atoms with E-state index in [1.165, 1.54) is 24.3 Å². The van der Waals surface area contributed by atoms with Crippen molar-refractivity contribution in [1.82, 2.24) is 9.62 Å². The first kappa shape index (κ1) is 24.6. The Labute approximate surface area is 178 Å². The first-order chi connectivity index (χ1) is 14.4. The van der Waals surface area contributed by atoms with Crippen molar-refractivity contribution in [3.05, 3.63) is 63.7 Å². The standard InChI is InChI=1S/C19H23F3N4O4S/c1-25(2)12-11-24-31(29,30)16-7-8-17(18(13-16)26(27)28)23-10-9-14-3-5-15(6-4-14)19(20,21)22/h3-8,13,23-24H,9-12H2,1-2H3. The molecule has 0 aliphatic heterocycles. The fourth-order valence-electron chi connectivity index (χ4n) is 2.67. The number of nitrogens with one attached hydrogen (secondary N) is 2. The summed E-state index contributed by atoms with van der Waals surface area (Å²) in [5, 5.41) is 14.2. The van der Waals surface area contributed by atoms with E-state index in [2.05, 4.69) is 10.0 Å². The monoisotopic (exact) mass is 460 g/mol. The van der Waals surface area contributed by atoms with Crippen molar-refractivity contribution in [1.29, 1.82) is 0 Å². The van der Waals surface area contributed by atoms with Gasteiger partial charge in [-0.05, 0) is 50.3 Å². The molecular weight excluding hydrogens is 437 g/mol. The third kappa shape index (κ3) is 7.19. The Hall–Kier alpha value is -2.70. The molecule has 0 bridgehead atoms. The van der Waals surface area contributed by atoms with Crippen LogP contribution >= 0.6 is 0 Å². The van der Waals surface area contributed by atoms with Crippen LogP contribution in [0.1, 0.15) is 11.1 Å². The summed E-state index contributed by atoms with van der Waals surface area (Å²) in [6, 6.07) is 8.15. The number of nitrogens with zero attached hydrogens (tertiary/aromatic N) is 2. The van der Waals surface area contributed by atoms with E-state index < -0.39 is 32.4 Å². The van der Waals surface area contributed by atoms with E-state index in [9.17, 15) is 31.7 Å². The van der Waals surface area contributed by atoms with Crippen molar-refractivity contribution >= 4 is 21.4 Å². The minimum Gasteiger partial charge on any atom is -0.379 e. The van der Waals surface area contributed by atoms with E-state index in [4.69, 9.17) is 0 Å². The van der Waals surface area contributed by atoms with Gasteiger partial charge in [-0.1, -0.05) is 12.1 Å². The van der Waals surface area contributed by atoms with E-state index in [1.807, 2.05) is 0 Å².